The quantitative estimate of drug-likeness (QED) is 0.809. The van der Waals surface area contributed by atoms with Crippen LogP contribution < -0.4 is 5.73 Å². The van der Waals surface area contributed by atoms with Crippen LogP contribution in [-0.2, 0) is 11.2 Å². The largest absolute Gasteiger partial charge is 0.399 e. The molecule has 1 aromatic rings. The summed E-state index contributed by atoms with van der Waals surface area (Å²) in [4.78, 5) is 13.8. The number of rotatable bonds is 4. The number of carbonyl (C=O) groups is 1. The molecule has 92 valence electrons. The van der Waals surface area contributed by atoms with Gasteiger partial charge in [0.15, 0.2) is 0 Å². The van der Waals surface area contributed by atoms with Crippen molar-refractivity contribution in [3.8, 4) is 0 Å². The van der Waals surface area contributed by atoms with Gasteiger partial charge in [-0.3, -0.25) is 4.79 Å². The lowest BCUT2D eigenvalue weighted by molar-refractivity contribution is -0.130. The summed E-state index contributed by atoms with van der Waals surface area (Å²) in [5.41, 5.74) is 7.74. The highest BCUT2D eigenvalue weighted by atomic mass is 16.2. The molecule has 1 aliphatic heterocycles. The van der Waals surface area contributed by atoms with Gasteiger partial charge in [0.25, 0.3) is 0 Å². The minimum Gasteiger partial charge on any atom is -0.399 e. The molecule has 0 aromatic heterocycles. The highest BCUT2D eigenvalue weighted by Gasteiger charge is 2.16. The van der Waals surface area contributed by atoms with Gasteiger partial charge >= 0.3 is 0 Å². The molecule has 1 amide bonds. The highest BCUT2D eigenvalue weighted by Crippen LogP contribution is 2.13. The van der Waals surface area contributed by atoms with Crippen LogP contribution in [0.1, 0.15) is 31.2 Å². The van der Waals surface area contributed by atoms with Crippen molar-refractivity contribution in [3.05, 3.63) is 29.8 Å². The molecule has 2 N–H and O–H groups in total. The summed E-state index contributed by atoms with van der Waals surface area (Å²) in [5, 5.41) is 0. The molecule has 3 nitrogen and oxygen atoms in total. The average molecular weight is 232 g/mol. The van der Waals surface area contributed by atoms with Crippen molar-refractivity contribution >= 4 is 11.6 Å². The molecule has 0 aliphatic carbocycles. The van der Waals surface area contributed by atoms with E-state index in [1.165, 1.54) is 18.4 Å². The number of amides is 1. The first-order chi connectivity index (χ1) is 8.25. The van der Waals surface area contributed by atoms with Crippen LogP contribution >= 0.6 is 0 Å². The standard InChI is InChI=1S/C14H20N2O/c15-13-7-3-5-12(11-13)6-4-8-14(17)16-9-1-2-10-16/h3,5,7,11H,1-2,4,6,8-10,15H2. The normalized spacial score (nSPS) is 15.2. The van der Waals surface area contributed by atoms with E-state index in [4.69, 9.17) is 5.73 Å². The molecule has 1 aromatic carbocycles. The van der Waals surface area contributed by atoms with Gasteiger partial charge in [0.1, 0.15) is 0 Å². The van der Waals surface area contributed by atoms with Crippen LogP contribution in [0.25, 0.3) is 0 Å². The van der Waals surface area contributed by atoms with Crippen molar-refractivity contribution in [2.45, 2.75) is 32.1 Å². The minimum atomic E-state index is 0.311. The molecule has 1 aliphatic rings. The first-order valence-electron chi connectivity index (χ1n) is 6.38. The first kappa shape index (κ1) is 12.0. The number of nitrogens with two attached hydrogens (primary N) is 1. The van der Waals surface area contributed by atoms with Gasteiger partial charge in [0.2, 0.25) is 5.91 Å². The predicted octanol–water partition coefficient (Wildman–Crippen LogP) is 2.21. The maximum absolute atomic E-state index is 11.8. The Morgan fingerprint density at radius 3 is 2.76 bits per heavy atom. The van der Waals surface area contributed by atoms with Gasteiger partial charge in [-0.25, -0.2) is 0 Å². The van der Waals surface area contributed by atoms with Crippen LogP contribution in [0.4, 0.5) is 5.69 Å². The third-order valence-electron chi connectivity index (χ3n) is 3.27. The number of hydrogen-bond acceptors (Lipinski definition) is 2. The third-order valence-corrected chi connectivity index (χ3v) is 3.27. The lowest BCUT2D eigenvalue weighted by Crippen LogP contribution is -2.27. The zero-order chi connectivity index (χ0) is 12.1. The van der Waals surface area contributed by atoms with Crippen LogP contribution in [0.15, 0.2) is 24.3 Å². The van der Waals surface area contributed by atoms with Gasteiger partial charge in [-0.05, 0) is 43.4 Å². The molecule has 1 fully saturated rings. The van der Waals surface area contributed by atoms with Crippen molar-refractivity contribution in [3.63, 3.8) is 0 Å². The van der Waals surface area contributed by atoms with E-state index in [2.05, 4.69) is 6.07 Å². The maximum Gasteiger partial charge on any atom is 0.222 e. The van der Waals surface area contributed by atoms with E-state index in [9.17, 15) is 4.79 Å². The van der Waals surface area contributed by atoms with Crippen LogP contribution in [-0.4, -0.2) is 23.9 Å². The Labute approximate surface area is 103 Å². The third kappa shape index (κ3) is 3.48. The molecule has 1 heterocycles. The smallest absolute Gasteiger partial charge is 0.222 e. The fraction of sp³-hybridized carbons (Fsp3) is 0.500. The second kappa shape index (κ2) is 5.71. The molecule has 0 spiro atoms. The topological polar surface area (TPSA) is 46.3 Å². The zero-order valence-electron chi connectivity index (χ0n) is 10.2. The molecular weight excluding hydrogens is 212 g/mol. The fourth-order valence-electron chi connectivity index (χ4n) is 2.32. The summed E-state index contributed by atoms with van der Waals surface area (Å²) in [7, 11) is 0. The molecular formula is C14H20N2O. The number of hydrogen-bond donors (Lipinski definition) is 1. The monoisotopic (exact) mass is 232 g/mol. The molecule has 1 saturated heterocycles. The summed E-state index contributed by atoms with van der Waals surface area (Å²) in [6.07, 6.45) is 4.85. The molecule has 0 unspecified atom stereocenters. The van der Waals surface area contributed by atoms with E-state index in [0.717, 1.165) is 31.6 Å². The molecule has 0 radical (unpaired) electrons. The van der Waals surface area contributed by atoms with Crippen LogP contribution in [0, 0.1) is 0 Å². The lowest BCUT2D eigenvalue weighted by atomic mass is 10.1. The number of nitrogens with zero attached hydrogens (tertiary/aromatic N) is 1. The van der Waals surface area contributed by atoms with E-state index in [-0.39, 0.29) is 0 Å². The van der Waals surface area contributed by atoms with Crippen molar-refractivity contribution in [1.29, 1.82) is 0 Å². The van der Waals surface area contributed by atoms with Crippen LogP contribution in [0.2, 0.25) is 0 Å². The van der Waals surface area contributed by atoms with Gasteiger partial charge in [-0.15, -0.1) is 0 Å². The van der Waals surface area contributed by atoms with Crippen molar-refractivity contribution in [1.82, 2.24) is 4.90 Å². The van der Waals surface area contributed by atoms with Gasteiger partial charge in [-0.1, -0.05) is 12.1 Å². The van der Waals surface area contributed by atoms with Crippen LogP contribution in [0.5, 0.6) is 0 Å². The number of likely N-dealkylation sites (tertiary alicyclic amines) is 1. The Kier molecular flexibility index (Phi) is 4.02. The van der Waals surface area contributed by atoms with E-state index in [1.54, 1.807) is 0 Å². The molecule has 2 rings (SSSR count). The van der Waals surface area contributed by atoms with Gasteiger partial charge in [0, 0.05) is 25.2 Å². The van der Waals surface area contributed by atoms with E-state index in [0.29, 0.717) is 12.3 Å². The predicted molar refractivity (Wildman–Crippen MR) is 69.6 cm³/mol. The Bertz CT molecular complexity index is 384. The zero-order valence-corrected chi connectivity index (χ0v) is 10.2. The van der Waals surface area contributed by atoms with Gasteiger partial charge in [0.05, 0.1) is 0 Å². The molecule has 3 heteroatoms. The molecule has 0 bridgehead atoms. The Hall–Kier alpha value is -1.51. The summed E-state index contributed by atoms with van der Waals surface area (Å²) in [6, 6.07) is 7.91. The maximum atomic E-state index is 11.8. The number of benzene rings is 1. The second-order valence-corrected chi connectivity index (χ2v) is 4.69. The van der Waals surface area contributed by atoms with Gasteiger partial charge in [-0.2, -0.15) is 0 Å². The lowest BCUT2D eigenvalue weighted by Gasteiger charge is -2.14. The molecule has 17 heavy (non-hydrogen) atoms. The Balaban J connectivity index is 1.73. The minimum absolute atomic E-state index is 0.311. The number of carbonyl (C=O) groups excluding carboxylic acids is 1. The Morgan fingerprint density at radius 1 is 1.29 bits per heavy atom. The highest BCUT2D eigenvalue weighted by molar-refractivity contribution is 5.76. The van der Waals surface area contributed by atoms with Crippen molar-refractivity contribution in [2.24, 2.45) is 0 Å². The molecule has 0 atom stereocenters. The Morgan fingerprint density at radius 2 is 2.06 bits per heavy atom. The summed E-state index contributed by atoms with van der Waals surface area (Å²) >= 11 is 0. The van der Waals surface area contributed by atoms with Crippen molar-refractivity contribution < 1.29 is 4.79 Å². The van der Waals surface area contributed by atoms with Crippen LogP contribution in [0.3, 0.4) is 0 Å². The number of nitrogen functional groups attached to an aromatic ring is 1. The summed E-state index contributed by atoms with van der Waals surface area (Å²) in [5.74, 6) is 0.311. The second-order valence-electron chi connectivity index (χ2n) is 4.69. The number of aryl methyl sites for hydroxylation is 1. The summed E-state index contributed by atoms with van der Waals surface area (Å²) < 4.78 is 0. The SMILES string of the molecule is Nc1cccc(CCCC(=O)N2CCCC2)c1. The van der Waals surface area contributed by atoms with E-state index in [1.807, 2.05) is 23.1 Å². The van der Waals surface area contributed by atoms with E-state index < -0.39 is 0 Å². The number of anilines is 1. The van der Waals surface area contributed by atoms with Gasteiger partial charge < -0.3 is 10.6 Å². The van der Waals surface area contributed by atoms with Crippen molar-refractivity contribution in [2.75, 3.05) is 18.8 Å². The fourth-order valence-corrected chi connectivity index (χ4v) is 2.32. The average Bonchev–Trinajstić information content (AvgIpc) is 2.82. The van der Waals surface area contributed by atoms with E-state index >= 15 is 0 Å². The molecule has 0 saturated carbocycles. The summed E-state index contributed by atoms with van der Waals surface area (Å²) in [6.45, 7) is 1.91. The first-order valence-corrected chi connectivity index (χ1v) is 6.38.